The molecule has 0 aromatic heterocycles. The number of phosphoric ester groups is 1. The lowest BCUT2D eigenvalue weighted by molar-refractivity contribution is -0.870. The first-order valence-corrected chi connectivity index (χ1v) is 21.9. The molecule has 0 spiro atoms. The largest absolute Gasteiger partial charge is 0.472 e. The summed E-state index contributed by atoms with van der Waals surface area (Å²) in [5, 5.41) is 13.7. The van der Waals surface area contributed by atoms with Crippen LogP contribution in [0.25, 0.3) is 0 Å². The number of aliphatic hydroxyl groups excluding tert-OH is 1. The molecule has 0 aliphatic carbocycles. The minimum atomic E-state index is -4.33. The van der Waals surface area contributed by atoms with Gasteiger partial charge in [-0.3, -0.25) is 13.8 Å². The highest BCUT2D eigenvalue weighted by Crippen LogP contribution is 2.43. The quantitative estimate of drug-likeness (QED) is 0.0257. The van der Waals surface area contributed by atoms with Gasteiger partial charge >= 0.3 is 7.82 Å². The molecule has 294 valence electrons. The fourth-order valence-corrected chi connectivity index (χ4v) is 6.28. The summed E-state index contributed by atoms with van der Waals surface area (Å²) in [6, 6.07) is -0.862. The van der Waals surface area contributed by atoms with Crippen molar-refractivity contribution in [3.05, 3.63) is 36.5 Å². The van der Waals surface area contributed by atoms with E-state index in [1.807, 2.05) is 27.2 Å². The van der Waals surface area contributed by atoms with E-state index in [1.54, 1.807) is 6.08 Å². The van der Waals surface area contributed by atoms with Gasteiger partial charge in [0, 0.05) is 6.42 Å². The standard InChI is InChI=1S/C41H79N2O6P/c1-6-8-10-12-14-15-16-17-18-19-20-21-22-23-24-25-26-27-28-29-30-32-34-40(44)39(42-41(45)35-33-31-13-11-9-7-2)38-49-50(46,47)48-37-36-43(3,4)5/h23-24,27-28,32,34,39-40,44H,6-22,25-26,29-31,33,35-38H2,1-5H3,(H-,42,45,46,47)/p+1/b24-23+,28-27+,34-32+. The van der Waals surface area contributed by atoms with Gasteiger partial charge in [-0.05, 0) is 44.9 Å². The molecule has 0 aliphatic rings. The number of rotatable bonds is 36. The number of allylic oxidation sites excluding steroid dienone is 5. The molecule has 50 heavy (non-hydrogen) atoms. The molecule has 0 aromatic carbocycles. The number of hydrogen-bond donors (Lipinski definition) is 3. The molecule has 3 N–H and O–H groups in total. The molecule has 3 unspecified atom stereocenters. The van der Waals surface area contributed by atoms with Crippen LogP contribution in [0.5, 0.6) is 0 Å². The molecular weight excluding hydrogens is 647 g/mol. The van der Waals surface area contributed by atoms with E-state index >= 15 is 0 Å². The Labute approximate surface area is 308 Å². The Morgan fingerprint density at radius 2 is 1.10 bits per heavy atom. The lowest BCUT2D eigenvalue weighted by Gasteiger charge is -2.25. The Morgan fingerprint density at radius 3 is 1.60 bits per heavy atom. The molecule has 0 fully saturated rings. The topological polar surface area (TPSA) is 105 Å². The van der Waals surface area contributed by atoms with Gasteiger partial charge < -0.3 is 19.8 Å². The second kappa shape index (κ2) is 33.5. The molecule has 0 aliphatic heterocycles. The average Bonchev–Trinajstić information content (AvgIpc) is 3.06. The first-order chi connectivity index (χ1) is 24.0. The Kier molecular flexibility index (Phi) is 32.7. The summed E-state index contributed by atoms with van der Waals surface area (Å²) in [5.74, 6) is -0.202. The van der Waals surface area contributed by atoms with Gasteiger partial charge in [0.15, 0.2) is 0 Å². The molecule has 0 heterocycles. The number of aliphatic hydroxyl groups is 1. The molecule has 0 radical (unpaired) electrons. The number of nitrogens with zero attached hydrogens (tertiary/aromatic N) is 1. The summed E-state index contributed by atoms with van der Waals surface area (Å²) in [6.07, 6.45) is 39.7. The maximum absolute atomic E-state index is 12.6. The van der Waals surface area contributed by atoms with Crippen LogP contribution in [-0.2, 0) is 18.4 Å². The highest BCUT2D eigenvalue weighted by molar-refractivity contribution is 7.47. The number of unbranched alkanes of at least 4 members (excludes halogenated alkanes) is 19. The van der Waals surface area contributed by atoms with E-state index in [-0.39, 0.29) is 19.1 Å². The van der Waals surface area contributed by atoms with Crippen LogP contribution >= 0.6 is 7.82 Å². The van der Waals surface area contributed by atoms with E-state index in [9.17, 15) is 19.4 Å². The van der Waals surface area contributed by atoms with Gasteiger partial charge in [-0.2, -0.15) is 0 Å². The first-order valence-electron chi connectivity index (χ1n) is 20.4. The van der Waals surface area contributed by atoms with Crippen LogP contribution in [-0.4, -0.2) is 73.4 Å². The Balaban J connectivity index is 4.36. The molecule has 0 bridgehead atoms. The predicted molar refractivity (Wildman–Crippen MR) is 212 cm³/mol. The van der Waals surface area contributed by atoms with Gasteiger partial charge in [-0.25, -0.2) is 4.57 Å². The van der Waals surface area contributed by atoms with Crippen molar-refractivity contribution in [2.45, 2.75) is 180 Å². The molecular formula is C41H80N2O6P+. The van der Waals surface area contributed by atoms with Gasteiger partial charge in [-0.1, -0.05) is 153 Å². The van der Waals surface area contributed by atoms with E-state index in [1.165, 1.54) is 103 Å². The van der Waals surface area contributed by atoms with Crippen molar-refractivity contribution in [2.75, 3.05) is 40.9 Å². The van der Waals surface area contributed by atoms with Crippen LogP contribution < -0.4 is 5.32 Å². The maximum Gasteiger partial charge on any atom is 0.472 e. The summed E-state index contributed by atoms with van der Waals surface area (Å²) < 4.78 is 23.3. The van der Waals surface area contributed by atoms with Crippen molar-refractivity contribution in [3.63, 3.8) is 0 Å². The lowest BCUT2D eigenvalue weighted by atomic mass is 10.0. The zero-order chi connectivity index (χ0) is 37.2. The van der Waals surface area contributed by atoms with Gasteiger partial charge in [0.2, 0.25) is 5.91 Å². The zero-order valence-electron chi connectivity index (χ0n) is 33.1. The normalized spacial score (nSPS) is 14.9. The third kappa shape index (κ3) is 35.1. The van der Waals surface area contributed by atoms with E-state index in [2.05, 4.69) is 43.5 Å². The molecule has 9 heteroatoms. The molecule has 0 saturated heterocycles. The second-order valence-electron chi connectivity index (χ2n) is 15.0. The van der Waals surface area contributed by atoms with Crippen molar-refractivity contribution in [3.8, 4) is 0 Å². The third-order valence-corrected chi connectivity index (χ3v) is 9.82. The van der Waals surface area contributed by atoms with E-state index < -0.39 is 20.0 Å². The number of carbonyl (C=O) groups excluding carboxylic acids is 1. The molecule has 8 nitrogen and oxygen atoms in total. The Morgan fingerprint density at radius 1 is 0.660 bits per heavy atom. The molecule has 0 saturated carbocycles. The van der Waals surface area contributed by atoms with Crippen molar-refractivity contribution in [1.29, 1.82) is 0 Å². The maximum atomic E-state index is 12.6. The fourth-order valence-electron chi connectivity index (χ4n) is 5.54. The predicted octanol–water partition coefficient (Wildman–Crippen LogP) is 10.7. The zero-order valence-corrected chi connectivity index (χ0v) is 34.0. The van der Waals surface area contributed by atoms with Gasteiger partial charge in [0.05, 0.1) is 39.9 Å². The number of amides is 1. The lowest BCUT2D eigenvalue weighted by Crippen LogP contribution is -2.45. The summed E-state index contributed by atoms with van der Waals surface area (Å²) in [5.41, 5.74) is 0. The monoisotopic (exact) mass is 728 g/mol. The number of likely N-dealkylation sites (N-methyl/N-ethyl adjacent to an activating group) is 1. The van der Waals surface area contributed by atoms with Crippen molar-refractivity contribution < 1.29 is 32.9 Å². The first kappa shape index (κ1) is 48.7. The third-order valence-electron chi connectivity index (χ3n) is 8.84. The van der Waals surface area contributed by atoms with Crippen LogP contribution in [0, 0.1) is 0 Å². The molecule has 0 aromatic rings. The van der Waals surface area contributed by atoms with Crippen LogP contribution in [0.4, 0.5) is 0 Å². The summed E-state index contributed by atoms with van der Waals surface area (Å²) >= 11 is 0. The molecule has 0 rings (SSSR count). The second-order valence-corrected chi connectivity index (χ2v) is 16.5. The van der Waals surface area contributed by atoms with E-state index in [0.29, 0.717) is 17.4 Å². The number of phosphoric acid groups is 1. The van der Waals surface area contributed by atoms with Crippen molar-refractivity contribution >= 4 is 13.7 Å². The number of carbonyl (C=O) groups is 1. The van der Waals surface area contributed by atoms with E-state index in [0.717, 1.165) is 44.9 Å². The van der Waals surface area contributed by atoms with Crippen LogP contribution in [0.1, 0.15) is 168 Å². The molecule has 1 amide bonds. The minimum Gasteiger partial charge on any atom is -0.387 e. The van der Waals surface area contributed by atoms with E-state index in [4.69, 9.17) is 9.05 Å². The van der Waals surface area contributed by atoms with Gasteiger partial charge in [0.25, 0.3) is 0 Å². The fraction of sp³-hybridized carbons (Fsp3) is 0.829. The van der Waals surface area contributed by atoms with Crippen molar-refractivity contribution in [1.82, 2.24) is 5.32 Å². The molecule has 3 atom stereocenters. The minimum absolute atomic E-state index is 0.0536. The number of hydrogen-bond acceptors (Lipinski definition) is 5. The summed E-state index contributed by atoms with van der Waals surface area (Å²) in [6.45, 7) is 4.70. The number of nitrogens with one attached hydrogen (secondary N) is 1. The van der Waals surface area contributed by atoms with Crippen molar-refractivity contribution in [2.24, 2.45) is 0 Å². The Bertz CT molecular complexity index is 917. The SMILES string of the molecule is CCCCCCCCCCCCCC/C=C/CC/C=C/CC/C=C/C(O)C(COP(=O)(O)OCC[N+](C)(C)C)NC(=O)CCCCCCCC. The van der Waals surface area contributed by atoms with Crippen LogP contribution in [0.3, 0.4) is 0 Å². The average molecular weight is 728 g/mol. The van der Waals surface area contributed by atoms with Gasteiger partial charge in [-0.15, -0.1) is 0 Å². The smallest absolute Gasteiger partial charge is 0.387 e. The Hall–Kier alpha value is -1.28. The van der Waals surface area contributed by atoms with Crippen LogP contribution in [0.2, 0.25) is 0 Å². The van der Waals surface area contributed by atoms with Crippen LogP contribution in [0.15, 0.2) is 36.5 Å². The summed E-state index contributed by atoms with van der Waals surface area (Å²) in [7, 11) is 1.54. The highest BCUT2D eigenvalue weighted by atomic mass is 31.2. The number of quaternary nitrogens is 1. The summed E-state index contributed by atoms with van der Waals surface area (Å²) in [4.78, 5) is 22.8. The van der Waals surface area contributed by atoms with Gasteiger partial charge in [0.1, 0.15) is 13.2 Å². The highest BCUT2D eigenvalue weighted by Gasteiger charge is 2.27.